The molecular weight excluding hydrogens is 422 g/mol. The third-order valence-corrected chi connectivity index (χ3v) is 7.31. The van der Waals surface area contributed by atoms with E-state index in [-0.39, 0.29) is 0 Å². The van der Waals surface area contributed by atoms with E-state index in [1.165, 1.54) is 5.69 Å². The van der Waals surface area contributed by atoms with Crippen LogP contribution >= 0.6 is 0 Å². The molecule has 178 valence electrons. The summed E-state index contributed by atoms with van der Waals surface area (Å²) >= 11 is 0. The van der Waals surface area contributed by atoms with Gasteiger partial charge < -0.3 is 20.0 Å². The number of aryl methyl sites for hydroxylation is 1. The molecule has 3 aromatic rings. The first kappa shape index (κ1) is 22.7. The van der Waals surface area contributed by atoms with E-state index in [2.05, 4.69) is 81.8 Å². The fraction of sp³-hybridized carbons (Fsp3) is 0.444. The summed E-state index contributed by atoms with van der Waals surface area (Å²) in [7, 11) is 4.36. The number of aromatic nitrogens is 3. The van der Waals surface area contributed by atoms with Gasteiger partial charge in [-0.25, -0.2) is 9.97 Å². The van der Waals surface area contributed by atoms with E-state index >= 15 is 0 Å². The lowest BCUT2D eigenvalue weighted by Gasteiger charge is -2.34. The van der Waals surface area contributed by atoms with Crippen molar-refractivity contribution < 1.29 is 0 Å². The number of hydrogen-bond donors (Lipinski definition) is 1. The summed E-state index contributed by atoms with van der Waals surface area (Å²) in [5.74, 6) is 0.912. The third kappa shape index (κ3) is 4.76. The number of likely N-dealkylation sites (N-methyl/N-ethyl adjacent to an activating group) is 1. The number of rotatable bonds is 5. The molecule has 1 N–H and O–H groups in total. The third-order valence-electron chi connectivity index (χ3n) is 7.31. The van der Waals surface area contributed by atoms with Crippen LogP contribution in [0.25, 0.3) is 16.5 Å². The molecule has 0 aliphatic carbocycles. The van der Waals surface area contributed by atoms with Gasteiger partial charge in [0.05, 0.1) is 17.4 Å². The number of pyridine rings is 1. The summed E-state index contributed by atoms with van der Waals surface area (Å²) in [4.78, 5) is 21.0. The van der Waals surface area contributed by atoms with Crippen LogP contribution in [0.5, 0.6) is 0 Å². The fourth-order valence-corrected chi connectivity index (χ4v) is 4.93. The Morgan fingerprint density at radius 3 is 2.44 bits per heavy atom. The van der Waals surface area contributed by atoms with E-state index in [0.717, 1.165) is 91.2 Å². The van der Waals surface area contributed by atoms with Gasteiger partial charge in [-0.15, -0.1) is 0 Å². The first-order valence-electron chi connectivity index (χ1n) is 12.3. The quantitative estimate of drug-likeness (QED) is 0.627. The molecule has 2 saturated heterocycles. The number of nitrogens with zero attached hydrogens (tertiary/aromatic N) is 6. The normalized spacial score (nSPS) is 18.4. The Morgan fingerprint density at radius 1 is 0.941 bits per heavy atom. The Hall–Kier alpha value is -3.03. The van der Waals surface area contributed by atoms with Crippen LogP contribution in [0.1, 0.15) is 29.7 Å². The average Bonchev–Trinajstić information content (AvgIpc) is 2.86. The molecule has 7 heteroatoms. The van der Waals surface area contributed by atoms with E-state index in [1.54, 1.807) is 6.33 Å². The van der Waals surface area contributed by atoms with Crippen LogP contribution in [0, 0.1) is 6.92 Å². The summed E-state index contributed by atoms with van der Waals surface area (Å²) in [6.45, 7) is 12.9. The molecule has 7 nitrogen and oxygen atoms in total. The SMILES string of the molecule is C=C(c1ccc2ncnc(NC3CCN(C)CC3)c2c1)c1cc(N2CCN(C)CC2)cnc1C. The van der Waals surface area contributed by atoms with Crippen LogP contribution in [-0.4, -0.2) is 84.2 Å². The van der Waals surface area contributed by atoms with E-state index in [0.29, 0.717) is 6.04 Å². The first-order valence-corrected chi connectivity index (χ1v) is 12.3. The van der Waals surface area contributed by atoms with Crippen LogP contribution in [0.3, 0.4) is 0 Å². The number of hydrogen-bond acceptors (Lipinski definition) is 7. The Bertz CT molecular complexity index is 1170. The standard InChI is InChI=1S/C27H35N7/c1-19(24-16-23(17-28-20(24)2)34-13-11-33(4)12-14-34)21-5-6-26-25(15-21)27(30-18-29-26)31-22-7-9-32(3)10-8-22/h5-6,15-18,22H,1,7-14H2,2-4H3,(H,29,30,31). The molecule has 0 unspecified atom stereocenters. The van der Waals surface area contributed by atoms with Gasteiger partial charge in [0.15, 0.2) is 0 Å². The molecule has 2 aliphatic heterocycles. The maximum atomic E-state index is 4.73. The zero-order valence-electron chi connectivity index (χ0n) is 20.6. The summed E-state index contributed by atoms with van der Waals surface area (Å²) in [5, 5.41) is 4.73. The van der Waals surface area contributed by atoms with Crippen molar-refractivity contribution >= 4 is 28.0 Å². The summed E-state index contributed by atoms with van der Waals surface area (Å²) in [5.41, 5.74) is 6.27. The van der Waals surface area contributed by atoms with E-state index < -0.39 is 0 Å². The highest BCUT2D eigenvalue weighted by molar-refractivity contribution is 5.93. The molecule has 0 amide bonds. The van der Waals surface area contributed by atoms with Gasteiger partial charge in [0.2, 0.25) is 0 Å². The van der Waals surface area contributed by atoms with Gasteiger partial charge in [0.25, 0.3) is 0 Å². The van der Waals surface area contributed by atoms with Crippen molar-refractivity contribution in [3.05, 3.63) is 60.2 Å². The number of likely N-dealkylation sites (tertiary alicyclic amines) is 1. The second kappa shape index (κ2) is 9.68. The molecule has 0 atom stereocenters. The first-order chi connectivity index (χ1) is 16.5. The van der Waals surface area contributed by atoms with Crippen molar-refractivity contribution in [2.75, 3.05) is 63.6 Å². The zero-order valence-corrected chi connectivity index (χ0v) is 20.6. The van der Waals surface area contributed by atoms with E-state index in [9.17, 15) is 0 Å². The minimum Gasteiger partial charge on any atom is -0.368 e. The molecule has 5 rings (SSSR count). The van der Waals surface area contributed by atoms with Crippen molar-refractivity contribution in [1.82, 2.24) is 24.8 Å². The molecule has 1 aromatic carbocycles. The van der Waals surface area contributed by atoms with Gasteiger partial charge in [0, 0.05) is 48.9 Å². The molecular formula is C27H35N7. The molecule has 0 bridgehead atoms. The van der Waals surface area contributed by atoms with Crippen molar-refractivity contribution in [1.29, 1.82) is 0 Å². The van der Waals surface area contributed by atoms with Crippen LogP contribution < -0.4 is 10.2 Å². The fourth-order valence-electron chi connectivity index (χ4n) is 4.93. The molecule has 34 heavy (non-hydrogen) atoms. The van der Waals surface area contributed by atoms with E-state index in [4.69, 9.17) is 4.98 Å². The predicted molar refractivity (Wildman–Crippen MR) is 140 cm³/mol. The van der Waals surface area contributed by atoms with Gasteiger partial charge in [-0.05, 0) is 76.3 Å². The number of piperazine rings is 1. The molecule has 2 aliphatic rings. The average molecular weight is 458 g/mol. The van der Waals surface area contributed by atoms with E-state index in [1.807, 2.05) is 6.20 Å². The maximum Gasteiger partial charge on any atom is 0.137 e. The Labute approximate surface area is 202 Å². The largest absolute Gasteiger partial charge is 0.368 e. The predicted octanol–water partition coefficient (Wildman–Crippen LogP) is 3.65. The number of piperidine rings is 1. The minimum atomic E-state index is 0.438. The smallest absolute Gasteiger partial charge is 0.137 e. The van der Waals surface area contributed by atoms with Gasteiger partial charge in [-0.1, -0.05) is 12.6 Å². The number of nitrogens with one attached hydrogen (secondary N) is 1. The van der Waals surface area contributed by atoms with Crippen molar-refractivity contribution in [3.8, 4) is 0 Å². The minimum absolute atomic E-state index is 0.438. The van der Waals surface area contributed by atoms with Crippen molar-refractivity contribution in [2.24, 2.45) is 0 Å². The molecule has 0 radical (unpaired) electrons. The molecule has 0 spiro atoms. The Kier molecular flexibility index (Phi) is 6.48. The molecule has 2 aromatic heterocycles. The molecule has 4 heterocycles. The van der Waals surface area contributed by atoms with Gasteiger partial charge in [0.1, 0.15) is 12.1 Å². The van der Waals surface area contributed by atoms with Crippen LogP contribution in [0.2, 0.25) is 0 Å². The van der Waals surface area contributed by atoms with Crippen molar-refractivity contribution in [3.63, 3.8) is 0 Å². The zero-order chi connectivity index (χ0) is 23.7. The summed E-state index contributed by atoms with van der Waals surface area (Å²) < 4.78 is 0. The lowest BCUT2D eigenvalue weighted by Crippen LogP contribution is -2.44. The van der Waals surface area contributed by atoms with Crippen molar-refractivity contribution in [2.45, 2.75) is 25.8 Å². The van der Waals surface area contributed by atoms with Gasteiger partial charge >= 0.3 is 0 Å². The highest BCUT2D eigenvalue weighted by atomic mass is 15.2. The topological polar surface area (TPSA) is 60.4 Å². The lowest BCUT2D eigenvalue weighted by atomic mass is 9.96. The lowest BCUT2D eigenvalue weighted by molar-refractivity contribution is 0.264. The van der Waals surface area contributed by atoms with Gasteiger partial charge in [-0.2, -0.15) is 0 Å². The highest BCUT2D eigenvalue weighted by Crippen LogP contribution is 2.31. The number of fused-ring (bicyclic) bond motifs is 1. The van der Waals surface area contributed by atoms with Crippen LogP contribution in [0.4, 0.5) is 11.5 Å². The molecule has 0 saturated carbocycles. The summed E-state index contributed by atoms with van der Waals surface area (Å²) in [6, 6.07) is 9.05. The van der Waals surface area contributed by atoms with Crippen LogP contribution in [0.15, 0.2) is 43.4 Å². The highest BCUT2D eigenvalue weighted by Gasteiger charge is 2.19. The maximum absolute atomic E-state index is 4.73. The van der Waals surface area contributed by atoms with Gasteiger partial charge in [-0.3, -0.25) is 4.98 Å². The van der Waals surface area contributed by atoms with Crippen LogP contribution in [-0.2, 0) is 0 Å². The Morgan fingerprint density at radius 2 is 1.68 bits per heavy atom. The monoisotopic (exact) mass is 457 g/mol. The molecule has 2 fully saturated rings. The number of benzene rings is 1. The summed E-state index contributed by atoms with van der Waals surface area (Å²) in [6.07, 6.45) is 5.90. The second-order valence-electron chi connectivity index (χ2n) is 9.77. The second-order valence-corrected chi connectivity index (χ2v) is 9.77. The number of anilines is 2. The Balaban J connectivity index is 1.43.